The lowest BCUT2D eigenvalue weighted by atomic mass is 10.3. The van der Waals surface area contributed by atoms with Crippen molar-refractivity contribution in [1.82, 2.24) is 10.2 Å². The van der Waals surface area contributed by atoms with Crippen LogP contribution in [0.15, 0.2) is 0 Å². The predicted octanol–water partition coefficient (Wildman–Crippen LogP) is 2.42. The van der Waals surface area contributed by atoms with E-state index < -0.39 is 11.2 Å². The lowest BCUT2D eigenvalue weighted by molar-refractivity contribution is -0.138. The Morgan fingerprint density at radius 1 is 1.46 bits per heavy atom. The highest BCUT2D eigenvalue weighted by Crippen LogP contribution is 2.31. The summed E-state index contributed by atoms with van der Waals surface area (Å²) < 4.78 is 36.1. The Kier molecular flexibility index (Phi) is 3.18. The first-order valence-electron chi connectivity index (χ1n) is 3.47. The van der Waals surface area contributed by atoms with Gasteiger partial charge in [0.15, 0.2) is 0 Å². The quantitative estimate of drug-likeness (QED) is 0.787. The molecule has 0 N–H and O–H groups in total. The van der Waals surface area contributed by atoms with Gasteiger partial charge in [-0.2, -0.15) is 25.8 Å². The summed E-state index contributed by atoms with van der Waals surface area (Å²) in [5.74, 6) is 0. The van der Waals surface area contributed by atoms with Crippen molar-refractivity contribution in [1.29, 1.82) is 0 Å². The van der Waals surface area contributed by atoms with Gasteiger partial charge < -0.3 is 0 Å². The lowest BCUT2D eigenvalue weighted by Gasteiger charge is -1.98. The number of hydrogen-bond donors (Lipinski definition) is 1. The van der Waals surface area contributed by atoms with Crippen LogP contribution in [0.4, 0.5) is 13.2 Å². The van der Waals surface area contributed by atoms with Crippen molar-refractivity contribution >= 4 is 24.0 Å². The maximum absolute atomic E-state index is 12.0. The molecule has 0 bridgehead atoms. The summed E-state index contributed by atoms with van der Waals surface area (Å²) in [6, 6.07) is 0. The predicted molar refractivity (Wildman–Crippen MR) is 47.1 cm³/mol. The molecule has 0 aliphatic rings. The van der Waals surface area contributed by atoms with Crippen LogP contribution in [-0.2, 0) is 12.6 Å². The van der Waals surface area contributed by atoms with E-state index in [1.54, 1.807) is 6.92 Å². The molecule has 0 radical (unpaired) electrons. The molecule has 0 spiro atoms. The van der Waals surface area contributed by atoms with Gasteiger partial charge in [-0.05, 0) is 0 Å². The molecule has 0 aliphatic heterocycles. The average Bonchev–Trinajstić information content (AvgIpc) is 2.32. The number of halogens is 3. The summed E-state index contributed by atoms with van der Waals surface area (Å²) in [5, 5.41) is 5.95. The van der Waals surface area contributed by atoms with E-state index in [0.29, 0.717) is 22.8 Å². The monoisotopic (exact) mass is 228 g/mol. The molecule has 1 aromatic rings. The number of alkyl halides is 3. The number of aromatic nitrogens is 2. The third kappa shape index (κ3) is 3.15. The normalized spacial score (nSPS) is 14.5. The van der Waals surface area contributed by atoms with Gasteiger partial charge in [-0.1, -0.05) is 18.3 Å². The molecule has 7 heteroatoms. The van der Waals surface area contributed by atoms with E-state index in [1.165, 1.54) is 0 Å². The third-order valence-corrected chi connectivity index (χ3v) is 2.35. The van der Waals surface area contributed by atoms with E-state index in [0.717, 1.165) is 0 Å². The number of hydrogen-bond acceptors (Lipinski definition) is 4. The van der Waals surface area contributed by atoms with Crippen LogP contribution in [0.1, 0.15) is 16.9 Å². The molecule has 0 fully saturated rings. The van der Waals surface area contributed by atoms with Gasteiger partial charge >= 0.3 is 6.18 Å². The molecule has 0 saturated heterocycles. The van der Waals surface area contributed by atoms with Crippen molar-refractivity contribution in [2.24, 2.45) is 0 Å². The van der Waals surface area contributed by atoms with Crippen molar-refractivity contribution in [2.75, 3.05) is 0 Å². The molecule has 1 atom stereocenters. The van der Waals surface area contributed by atoms with E-state index in [4.69, 9.17) is 0 Å². The Labute approximate surface area is 82.6 Å². The van der Waals surface area contributed by atoms with Gasteiger partial charge in [0.25, 0.3) is 0 Å². The Balaban J connectivity index is 2.75. The number of nitrogens with zero attached hydrogens (tertiary/aromatic N) is 2. The summed E-state index contributed by atoms with van der Waals surface area (Å²) in [6.45, 7) is 1.79. The van der Waals surface area contributed by atoms with Crippen LogP contribution >= 0.6 is 24.0 Å². The van der Waals surface area contributed by atoms with Crippen LogP contribution in [-0.4, -0.2) is 15.4 Å². The second-order valence-corrected chi connectivity index (χ2v) is 4.50. The zero-order chi connectivity index (χ0) is 10.1. The van der Waals surface area contributed by atoms with Gasteiger partial charge in [0, 0.05) is 11.7 Å². The minimum atomic E-state index is -4.38. The topological polar surface area (TPSA) is 25.8 Å². The fraction of sp³-hybridized carbons (Fsp3) is 0.667. The second kappa shape index (κ2) is 3.83. The first kappa shape index (κ1) is 10.8. The van der Waals surface area contributed by atoms with Gasteiger partial charge in [0.2, 0.25) is 5.01 Å². The average molecular weight is 228 g/mol. The summed E-state index contributed by atoms with van der Waals surface area (Å²) in [5.41, 5.74) is 0. The minimum Gasteiger partial charge on any atom is -0.176 e. The Morgan fingerprint density at radius 3 is 2.46 bits per heavy atom. The fourth-order valence-electron chi connectivity index (χ4n) is 0.703. The first-order chi connectivity index (χ1) is 5.89. The van der Waals surface area contributed by atoms with Crippen LogP contribution in [0.25, 0.3) is 0 Å². The molecule has 1 heterocycles. The molecule has 0 aromatic carbocycles. The van der Waals surface area contributed by atoms with Crippen LogP contribution in [0.2, 0.25) is 0 Å². The summed E-state index contributed by atoms with van der Waals surface area (Å²) >= 11 is 4.62. The zero-order valence-electron chi connectivity index (χ0n) is 6.67. The Morgan fingerprint density at radius 2 is 2.08 bits per heavy atom. The van der Waals surface area contributed by atoms with Gasteiger partial charge in [-0.25, -0.2) is 0 Å². The van der Waals surface area contributed by atoms with Crippen LogP contribution in [0.3, 0.4) is 0 Å². The van der Waals surface area contributed by atoms with Crippen molar-refractivity contribution in [2.45, 2.75) is 24.8 Å². The van der Waals surface area contributed by atoms with Crippen LogP contribution < -0.4 is 0 Å². The first-order valence-corrected chi connectivity index (χ1v) is 4.80. The smallest absolute Gasteiger partial charge is 0.176 e. The summed E-state index contributed by atoms with van der Waals surface area (Å²) in [7, 11) is 0. The molecule has 0 aliphatic carbocycles. The third-order valence-electron chi connectivity index (χ3n) is 1.18. The zero-order valence-corrected chi connectivity index (χ0v) is 8.38. The van der Waals surface area contributed by atoms with E-state index in [-0.39, 0.29) is 5.25 Å². The van der Waals surface area contributed by atoms with Gasteiger partial charge in [-0.3, -0.25) is 0 Å². The molecule has 0 amide bonds. The SMILES string of the molecule is CC(S)Cc1nnc(C(F)(F)F)s1. The van der Waals surface area contributed by atoms with Crippen molar-refractivity contribution in [3.8, 4) is 0 Å². The van der Waals surface area contributed by atoms with Crippen LogP contribution in [0, 0.1) is 0 Å². The Hall–Kier alpha value is -0.300. The van der Waals surface area contributed by atoms with Gasteiger partial charge in [0.1, 0.15) is 5.01 Å². The highest BCUT2D eigenvalue weighted by molar-refractivity contribution is 7.80. The van der Waals surface area contributed by atoms with E-state index in [2.05, 4.69) is 22.8 Å². The highest BCUT2D eigenvalue weighted by Gasteiger charge is 2.35. The molecular formula is C6H7F3N2S2. The molecule has 2 nitrogen and oxygen atoms in total. The molecule has 13 heavy (non-hydrogen) atoms. The standard InChI is InChI=1S/C6H7F3N2S2/c1-3(12)2-4-10-11-5(13-4)6(7,8)9/h3,12H,2H2,1H3. The van der Waals surface area contributed by atoms with Crippen molar-refractivity contribution < 1.29 is 13.2 Å². The van der Waals surface area contributed by atoms with Gasteiger partial charge in [-0.15, -0.1) is 10.2 Å². The maximum atomic E-state index is 12.0. The number of thiol groups is 1. The fourth-order valence-corrected chi connectivity index (χ4v) is 1.84. The summed E-state index contributed by atoms with van der Waals surface area (Å²) in [4.78, 5) is 0. The van der Waals surface area contributed by atoms with Crippen molar-refractivity contribution in [3.05, 3.63) is 10.0 Å². The molecule has 74 valence electrons. The molecule has 1 unspecified atom stereocenters. The van der Waals surface area contributed by atoms with E-state index in [9.17, 15) is 13.2 Å². The van der Waals surface area contributed by atoms with Crippen LogP contribution in [0.5, 0.6) is 0 Å². The largest absolute Gasteiger partial charge is 0.445 e. The maximum Gasteiger partial charge on any atom is 0.445 e. The minimum absolute atomic E-state index is 0.00552. The van der Waals surface area contributed by atoms with E-state index in [1.807, 2.05) is 0 Å². The molecular weight excluding hydrogens is 221 g/mol. The van der Waals surface area contributed by atoms with E-state index >= 15 is 0 Å². The van der Waals surface area contributed by atoms with Gasteiger partial charge in [0.05, 0.1) is 0 Å². The summed E-state index contributed by atoms with van der Waals surface area (Å²) in [6.07, 6.45) is -3.97. The van der Waals surface area contributed by atoms with Crippen molar-refractivity contribution in [3.63, 3.8) is 0 Å². The highest BCUT2D eigenvalue weighted by atomic mass is 32.1. The lowest BCUT2D eigenvalue weighted by Crippen LogP contribution is -2.03. The second-order valence-electron chi connectivity index (χ2n) is 2.55. The molecule has 0 saturated carbocycles. The molecule has 1 aromatic heterocycles. The number of rotatable bonds is 2. The Bertz CT molecular complexity index is 282. The molecule has 1 rings (SSSR count).